The minimum Gasteiger partial charge on any atom is -0.482 e. The highest BCUT2D eigenvalue weighted by Gasteiger charge is 1.99. The maximum absolute atomic E-state index is 10.7. The Hall–Kier alpha value is -1.62. The van der Waals surface area contributed by atoms with Crippen LogP contribution < -0.4 is 16.0 Å². The van der Waals surface area contributed by atoms with E-state index in [2.05, 4.69) is 4.98 Å². The number of nitrogens with one attached hydrogen (secondary N) is 1. The first-order chi connectivity index (χ1) is 6.22. The van der Waals surface area contributed by atoms with E-state index >= 15 is 0 Å². The molecule has 0 atom stereocenters. The summed E-state index contributed by atoms with van der Waals surface area (Å²) in [7, 11) is 0. The number of rotatable bonds is 3. The summed E-state index contributed by atoms with van der Waals surface area (Å²) in [5.74, 6) is 5.04. The van der Waals surface area contributed by atoms with Crippen molar-refractivity contribution in [2.24, 2.45) is 5.84 Å². The summed E-state index contributed by atoms with van der Waals surface area (Å²) in [4.78, 5) is 14.7. The Bertz CT molecular complexity index is 284. The van der Waals surface area contributed by atoms with E-state index in [1.165, 1.54) is 0 Å². The van der Waals surface area contributed by atoms with Crippen LogP contribution in [0, 0.1) is 6.92 Å². The Morgan fingerprint density at radius 3 is 3.00 bits per heavy atom. The Balaban J connectivity index is 2.46. The summed E-state index contributed by atoms with van der Waals surface area (Å²) in [5.41, 5.74) is 2.86. The summed E-state index contributed by atoms with van der Waals surface area (Å²) >= 11 is 0. The van der Waals surface area contributed by atoms with Gasteiger partial charge in [0.05, 0.1) is 6.20 Å². The van der Waals surface area contributed by atoms with Crippen molar-refractivity contribution in [1.82, 2.24) is 10.4 Å². The second-order valence-corrected chi connectivity index (χ2v) is 2.49. The molecule has 0 saturated carbocycles. The molecule has 0 saturated heterocycles. The molecule has 3 N–H and O–H groups in total. The van der Waals surface area contributed by atoms with Gasteiger partial charge in [-0.25, -0.2) is 5.84 Å². The highest BCUT2D eigenvalue weighted by Crippen LogP contribution is 2.07. The summed E-state index contributed by atoms with van der Waals surface area (Å²) < 4.78 is 5.06. The summed E-state index contributed by atoms with van der Waals surface area (Å²) in [5, 5.41) is 0. The Morgan fingerprint density at radius 1 is 1.69 bits per heavy atom. The topological polar surface area (TPSA) is 77.2 Å². The molecule has 0 aromatic carbocycles. The molecule has 0 unspecified atom stereocenters. The minimum atomic E-state index is -0.374. The normalized spacial score (nSPS) is 9.38. The number of aryl methyl sites for hydroxylation is 1. The molecule has 5 nitrogen and oxygen atoms in total. The van der Waals surface area contributed by atoms with Crippen LogP contribution in [0.5, 0.6) is 5.75 Å². The largest absolute Gasteiger partial charge is 0.482 e. The molecule has 0 bridgehead atoms. The Labute approximate surface area is 75.9 Å². The number of pyridine rings is 1. The maximum Gasteiger partial charge on any atom is 0.271 e. The second-order valence-electron chi connectivity index (χ2n) is 2.49. The van der Waals surface area contributed by atoms with Gasteiger partial charge in [0.25, 0.3) is 5.91 Å². The van der Waals surface area contributed by atoms with Gasteiger partial charge >= 0.3 is 0 Å². The van der Waals surface area contributed by atoms with Crippen molar-refractivity contribution < 1.29 is 9.53 Å². The second kappa shape index (κ2) is 4.42. The average molecular weight is 181 g/mol. The summed E-state index contributed by atoms with van der Waals surface area (Å²) in [6.07, 6.45) is 1.55. The number of hydrogen-bond donors (Lipinski definition) is 2. The lowest BCUT2D eigenvalue weighted by molar-refractivity contribution is -0.123. The number of nitrogens with two attached hydrogens (primary N) is 1. The van der Waals surface area contributed by atoms with E-state index in [9.17, 15) is 4.79 Å². The number of ether oxygens (including phenoxy) is 1. The third-order valence-electron chi connectivity index (χ3n) is 1.42. The van der Waals surface area contributed by atoms with Crippen molar-refractivity contribution in [3.63, 3.8) is 0 Å². The van der Waals surface area contributed by atoms with Gasteiger partial charge in [-0.2, -0.15) is 0 Å². The molecule has 13 heavy (non-hydrogen) atoms. The number of nitrogens with zero attached hydrogens (tertiary/aromatic N) is 1. The molecule has 0 aliphatic heterocycles. The van der Waals surface area contributed by atoms with Crippen LogP contribution >= 0.6 is 0 Å². The lowest BCUT2D eigenvalue weighted by atomic mass is 10.4. The number of carbonyl (C=O) groups excluding carboxylic acids is 1. The first kappa shape index (κ1) is 9.47. The van der Waals surface area contributed by atoms with Crippen LogP contribution in [-0.4, -0.2) is 17.5 Å². The molecule has 0 aliphatic rings. The van der Waals surface area contributed by atoms with Gasteiger partial charge in [0.15, 0.2) is 6.61 Å². The molecule has 1 aromatic rings. The standard InChI is InChI=1S/C8H11N3O2/c1-6-2-3-7(4-10-6)13-5-8(12)11-9/h2-4H,5,9H2,1H3,(H,11,12). The molecular formula is C8H11N3O2. The van der Waals surface area contributed by atoms with Gasteiger partial charge < -0.3 is 4.74 Å². The highest BCUT2D eigenvalue weighted by molar-refractivity contribution is 5.76. The first-order valence-corrected chi connectivity index (χ1v) is 3.77. The third-order valence-corrected chi connectivity index (χ3v) is 1.42. The third kappa shape index (κ3) is 3.08. The van der Waals surface area contributed by atoms with E-state index in [1.54, 1.807) is 18.3 Å². The van der Waals surface area contributed by atoms with Crippen LogP contribution in [-0.2, 0) is 4.79 Å². The van der Waals surface area contributed by atoms with Gasteiger partial charge in [-0.15, -0.1) is 0 Å². The van der Waals surface area contributed by atoms with E-state index in [0.717, 1.165) is 5.69 Å². The molecule has 0 spiro atoms. The van der Waals surface area contributed by atoms with E-state index < -0.39 is 0 Å². The van der Waals surface area contributed by atoms with E-state index in [-0.39, 0.29) is 12.5 Å². The van der Waals surface area contributed by atoms with Crippen molar-refractivity contribution >= 4 is 5.91 Å². The van der Waals surface area contributed by atoms with Crippen LogP contribution in [0.3, 0.4) is 0 Å². The molecule has 0 aliphatic carbocycles. The van der Waals surface area contributed by atoms with Gasteiger partial charge in [0, 0.05) is 5.69 Å². The zero-order chi connectivity index (χ0) is 9.68. The molecule has 1 rings (SSSR count). The Kier molecular flexibility index (Phi) is 3.22. The lowest BCUT2D eigenvalue weighted by Crippen LogP contribution is -2.34. The molecule has 0 fully saturated rings. The van der Waals surface area contributed by atoms with Crippen molar-refractivity contribution in [3.05, 3.63) is 24.0 Å². The number of amides is 1. The minimum absolute atomic E-state index is 0.0960. The molecule has 1 aromatic heterocycles. The first-order valence-electron chi connectivity index (χ1n) is 3.77. The Morgan fingerprint density at radius 2 is 2.46 bits per heavy atom. The number of aromatic nitrogens is 1. The van der Waals surface area contributed by atoms with Gasteiger partial charge in [-0.1, -0.05) is 0 Å². The van der Waals surface area contributed by atoms with E-state index in [0.29, 0.717) is 5.75 Å². The lowest BCUT2D eigenvalue weighted by Gasteiger charge is -2.03. The van der Waals surface area contributed by atoms with Crippen LogP contribution in [0.1, 0.15) is 5.69 Å². The van der Waals surface area contributed by atoms with Crippen molar-refractivity contribution in [2.45, 2.75) is 6.92 Å². The van der Waals surface area contributed by atoms with Crippen molar-refractivity contribution in [1.29, 1.82) is 0 Å². The smallest absolute Gasteiger partial charge is 0.271 e. The number of hydrogen-bond acceptors (Lipinski definition) is 4. The van der Waals surface area contributed by atoms with E-state index in [1.807, 2.05) is 12.3 Å². The average Bonchev–Trinajstić information content (AvgIpc) is 2.16. The van der Waals surface area contributed by atoms with Gasteiger partial charge in [-0.05, 0) is 19.1 Å². The molecule has 1 heterocycles. The van der Waals surface area contributed by atoms with Crippen molar-refractivity contribution in [2.75, 3.05) is 6.61 Å². The van der Waals surface area contributed by atoms with Gasteiger partial charge in [-0.3, -0.25) is 15.2 Å². The van der Waals surface area contributed by atoms with Crippen molar-refractivity contribution in [3.8, 4) is 5.75 Å². The van der Waals surface area contributed by atoms with Crippen LogP contribution in [0.2, 0.25) is 0 Å². The number of carbonyl (C=O) groups is 1. The van der Waals surface area contributed by atoms with E-state index in [4.69, 9.17) is 10.6 Å². The zero-order valence-corrected chi connectivity index (χ0v) is 7.28. The van der Waals surface area contributed by atoms with Crippen LogP contribution in [0.25, 0.3) is 0 Å². The fourth-order valence-corrected chi connectivity index (χ4v) is 0.730. The van der Waals surface area contributed by atoms with Crippen LogP contribution in [0.4, 0.5) is 0 Å². The quantitative estimate of drug-likeness (QED) is 0.383. The summed E-state index contributed by atoms with van der Waals surface area (Å²) in [6.45, 7) is 1.78. The molecule has 0 radical (unpaired) electrons. The predicted octanol–water partition coefficient (Wildman–Crippen LogP) is -0.241. The number of hydrazine groups is 1. The van der Waals surface area contributed by atoms with Gasteiger partial charge in [0.2, 0.25) is 0 Å². The zero-order valence-electron chi connectivity index (χ0n) is 7.28. The fraction of sp³-hybridized carbons (Fsp3) is 0.250. The fourth-order valence-electron chi connectivity index (χ4n) is 0.730. The van der Waals surface area contributed by atoms with Gasteiger partial charge in [0.1, 0.15) is 5.75 Å². The highest BCUT2D eigenvalue weighted by atomic mass is 16.5. The monoisotopic (exact) mass is 181 g/mol. The maximum atomic E-state index is 10.7. The molecule has 70 valence electrons. The molecular weight excluding hydrogens is 170 g/mol. The molecule has 1 amide bonds. The molecule has 5 heteroatoms. The SMILES string of the molecule is Cc1ccc(OCC(=O)NN)cn1. The predicted molar refractivity (Wildman–Crippen MR) is 46.8 cm³/mol. The van der Waals surface area contributed by atoms with Crippen LogP contribution in [0.15, 0.2) is 18.3 Å². The summed E-state index contributed by atoms with van der Waals surface area (Å²) in [6, 6.07) is 3.54.